The maximum atomic E-state index is 4.39. The topological polar surface area (TPSA) is 17.3 Å². The van der Waals surface area contributed by atoms with Crippen LogP contribution in [0.4, 0.5) is 5.69 Å². The molecule has 0 N–H and O–H groups in total. The summed E-state index contributed by atoms with van der Waals surface area (Å²) in [6.07, 6.45) is 5.18. The highest BCUT2D eigenvalue weighted by Gasteiger charge is 2.10. The van der Waals surface area contributed by atoms with Gasteiger partial charge in [-0.3, -0.25) is 0 Å². The first-order valence-corrected chi connectivity index (χ1v) is 6.87. The number of hydrogen-bond acceptors (Lipinski definition) is 1. The standard InChI is InChI=1S/C15H23N2/c1-2-3-4-6-14-7-5-8-15(13-14)17-11-9-16-10-12-17/h5,7-8,13H,2-4,6,9-12H2,1H3. The van der Waals surface area contributed by atoms with Crippen molar-refractivity contribution in [1.29, 1.82) is 0 Å². The number of aryl methyl sites for hydroxylation is 1. The van der Waals surface area contributed by atoms with E-state index in [1.807, 2.05) is 0 Å². The Morgan fingerprint density at radius 3 is 2.76 bits per heavy atom. The predicted molar refractivity (Wildman–Crippen MR) is 73.8 cm³/mol. The van der Waals surface area contributed by atoms with Crippen LogP contribution in [-0.4, -0.2) is 26.2 Å². The lowest BCUT2D eigenvalue weighted by atomic mass is 10.1. The van der Waals surface area contributed by atoms with Gasteiger partial charge in [0.25, 0.3) is 0 Å². The molecule has 0 amide bonds. The van der Waals surface area contributed by atoms with Crippen LogP contribution in [0, 0.1) is 0 Å². The smallest absolute Gasteiger partial charge is 0.0369 e. The van der Waals surface area contributed by atoms with Crippen LogP contribution in [0.15, 0.2) is 24.3 Å². The third-order valence-corrected chi connectivity index (χ3v) is 3.40. The molecule has 1 aromatic carbocycles. The maximum absolute atomic E-state index is 4.39. The summed E-state index contributed by atoms with van der Waals surface area (Å²) >= 11 is 0. The first-order valence-electron chi connectivity index (χ1n) is 6.87. The Hall–Kier alpha value is -1.02. The lowest BCUT2D eigenvalue weighted by Gasteiger charge is -2.28. The highest BCUT2D eigenvalue weighted by atomic mass is 15.2. The molecule has 2 rings (SSSR count). The van der Waals surface area contributed by atoms with E-state index in [9.17, 15) is 0 Å². The van der Waals surface area contributed by atoms with Gasteiger partial charge in [0.2, 0.25) is 0 Å². The Balaban J connectivity index is 1.95. The Labute approximate surface area is 105 Å². The minimum Gasteiger partial charge on any atom is -0.369 e. The van der Waals surface area contributed by atoms with Gasteiger partial charge < -0.3 is 4.90 Å². The lowest BCUT2D eigenvalue weighted by molar-refractivity contribution is 0.579. The van der Waals surface area contributed by atoms with Crippen molar-refractivity contribution in [3.63, 3.8) is 0 Å². The van der Waals surface area contributed by atoms with E-state index in [0.717, 1.165) is 26.2 Å². The number of piperazine rings is 1. The predicted octanol–water partition coefficient (Wildman–Crippen LogP) is 2.84. The van der Waals surface area contributed by atoms with E-state index in [2.05, 4.69) is 41.4 Å². The van der Waals surface area contributed by atoms with Crippen molar-refractivity contribution in [2.24, 2.45) is 0 Å². The Morgan fingerprint density at radius 2 is 2.00 bits per heavy atom. The van der Waals surface area contributed by atoms with Crippen molar-refractivity contribution in [3.05, 3.63) is 29.8 Å². The average molecular weight is 231 g/mol. The molecule has 0 spiro atoms. The molecule has 1 fully saturated rings. The molecule has 2 heteroatoms. The van der Waals surface area contributed by atoms with Gasteiger partial charge in [0.05, 0.1) is 0 Å². The van der Waals surface area contributed by atoms with Gasteiger partial charge in [-0.25, -0.2) is 5.32 Å². The summed E-state index contributed by atoms with van der Waals surface area (Å²) < 4.78 is 0. The molecule has 0 unspecified atom stereocenters. The molecule has 2 nitrogen and oxygen atoms in total. The van der Waals surface area contributed by atoms with Crippen LogP contribution in [0.1, 0.15) is 31.7 Å². The van der Waals surface area contributed by atoms with E-state index in [1.165, 1.54) is 36.9 Å². The van der Waals surface area contributed by atoms with E-state index in [1.54, 1.807) is 0 Å². The van der Waals surface area contributed by atoms with Gasteiger partial charge in [-0.1, -0.05) is 31.9 Å². The number of unbranched alkanes of at least 4 members (excludes halogenated alkanes) is 2. The number of benzene rings is 1. The molecule has 1 radical (unpaired) electrons. The van der Waals surface area contributed by atoms with Crippen molar-refractivity contribution < 1.29 is 0 Å². The van der Waals surface area contributed by atoms with E-state index in [0.29, 0.717) is 0 Å². The summed E-state index contributed by atoms with van der Waals surface area (Å²) in [5, 5.41) is 4.39. The third kappa shape index (κ3) is 3.74. The van der Waals surface area contributed by atoms with Crippen molar-refractivity contribution in [1.82, 2.24) is 5.32 Å². The molecule has 0 aliphatic carbocycles. The first kappa shape index (κ1) is 12.4. The summed E-state index contributed by atoms with van der Waals surface area (Å²) in [7, 11) is 0. The molecular formula is C15H23N2. The molecule has 0 bridgehead atoms. The normalized spacial score (nSPS) is 16.2. The summed E-state index contributed by atoms with van der Waals surface area (Å²) in [4.78, 5) is 2.45. The van der Waals surface area contributed by atoms with E-state index in [4.69, 9.17) is 0 Å². The quantitative estimate of drug-likeness (QED) is 0.712. The number of rotatable bonds is 5. The van der Waals surface area contributed by atoms with Crippen molar-refractivity contribution in [3.8, 4) is 0 Å². The number of anilines is 1. The highest BCUT2D eigenvalue weighted by Crippen LogP contribution is 2.18. The second-order valence-electron chi connectivity index (χ2n) is 4.78. The van der Waals surface area contributed by atoms with E-state index >= 15 is 0 Å². The number of hydrogen-bond donors (Lipinski definition) is 0. The van der Waals surface area contributed by atoms with Crippen LogP contribution in [0.3, 0.4) is 0 Å². The summed E-state index contributed by atoms with van der Waals surface area (Å²) in [5.74, 6) is 0. The van der Waals surface area contributed by atoms with Crippen LogP contribution in [-0.2, 0) is 6.42 Å². The fourth-order valence-corrected chi connectivity index (χ4v) is 2.35. The Bertz CT molecular complexity index is 329. The molecular weight excluding hydrogens is 208 g/mol. The third-order valence-electron chi connectivity index (χ3n) is 3.40. The Morgan fingerprint density at radius 1 is 1.18 bits per heavy atom. The van der Waals surface area contributed by atoms with Gasteiger partial charge in [-0.2, -0.15) is 0 Å². The van der Waals surface area contributed by atoms with Gasteiger partial charge >= 0.3 is 0 Å². The molecule has 17 heavy (non-hydrogen) atoms. The monoisotopic (exact) mass is 231 g/mol. The molecule has 1 aliphatic rings. The molecule has 1 heterocycles. The van der Waals surface area contributed by atoms with E-state index in [-0.39, 0.29) is 0 Å². The highest BCUT2D eigenvalue weighted by molar-refractivity contribution is 5.49. The van der Waals surface area contributed by atoms with Crippen LogP contribution < -0.4 is 10.2 Å². The SMILES string of the molecule is CCCCCc1cccc(N2CC[N]CC2)c1. The second kappa shape index (κ2) is 6.65. The van der Waals surface area contributed by atoms with Gasteiger partial charge in [-0.15, -0.1) is 0 Å². The van der Waals surface area contributed by atoms with Crippen LogP contribution in [0.2, 0.25) is 0 Å². The van der Waals surface area contributed by atoms with Gasteiger partial charge in [0, 0.05) is 31.9 Å². The fraction of sp³-hybridized carbons (Fsp3) is 0.600. The van der Waals surface area contributed by atoms with Crippen molar-refractivity contribution in [2.75, 3.05) is 31.1 Å². The van der Waals surface area contributed by atoms with Crippen LogP contribution >= 0.6 is 0 Å². The molecule has 0 atom stereocenters. The van der Waals surface area contributed by atoms with Gasteiger partial charge in [0.15, 0.2) is 0 Å². The Kier molecular flexibility index (Phi) is 4.87. The summed E-state index contributed by atoms with van der Waals surface area (Å²) in [6, 6.07) is 9.05. The molecule has 1 saturated heterocycles. The van der Waals surface area contributed by atoms with Crippen LogP contribution in [0.5, 0.6) is 0 Å². The van der Waals surface area contributed by atoms with Crippen molar-refractivity contribution >= 4 is 5.69 Å². The molecule has 93 valence electrons. The van der Waals surface area contributed by atoms with Crippen LogP contribution in [0.25, 0.3) is 0 Å². The van der Waals surface area contributed by atoms with Gasteiger partial charge in [0.1, 0.15) is 0 Å². The first-order chi connectivity index (χ1) is 8.40. The summed E-state index contributed by atoms with van der Waals surface area (Å²) in [6.45, 7) is 6.39. The fourth-order valence-electron chi connectivity index (χ4n) is 2.35. The average Bonchev–Trinajstić information content (AvgIpc) is 2.41. The molecule has 1 aromatic rings. The van der Waals surface area contributed by atoms with Gasteiger partial charge in [-0.05, 0) is 30.5 Å². The largest absolute Gasteiger partial charge is 0.369 e. The molecule has 1 aliphatic heterocycles. The zero-order valence-electron chi connectivity index (χ0n) is 10.9. The van der Waals surface area contributed by atoms with E-state index < -0.39 is 0 Å². The number of nitrogens with zero attached hydrogens (tertiary/aromatic N) is 2. The molecule has 0 saturated carbocycles. The second-order valence-corrected chi connectivity index (χ2v) is 4.78. The minimum atomic E-state index is 0.986. The maximum Gasteiger partial charge on any atom is 0.0369 e. The van der Waals surface area contributed by atoms with Crippen molar-refractivity contribution in [2.45, 2.75) is 32.6 Å². The zero-order valence-corrected chi connectivity index (χ0v) is 10.9. The lowest BCUT2D eigenvalue weighted by Crippen LogP contribution is -2.40. The minimum absolute atomic E-state index is 0.986. The summed E-state index contributed by atoms with van der Waals surface area (Å²) in [5.41, 5.74) is 2.87. The zero-order chi connectivity index (χ0) is 11.9. The molecule has 0 aromatic heterocycles.